The summed E-state index contributed by atoms with van der Waals surface area (Å²) in [6, 6.07) is 20.6. The quantitative estimate of drug-likeness (QED) is 0.382. The van der Waals surface area contributed by atoms with Gasteiger partial charge in [-0.15, -0.1) is 0 Å². The lowest BCUT2D eigenvalue weighted by molar-refractivity contribution is 0.314. The highest BCUT2D eigenvalue weighted by Gasteiger charge is 2.09. The lowest BCUT2D eigenvalue weighted by atomic mass is 10.1. The summed E-state index contributed by atoms with van der Waals surface area (Å²) in [5.41, 5.74) is 6.70. The number of benzene rings is 2. The van der Waals surface area contributed by atoms with Crippen LogP contribution >= 0.6 is 11.6 Å². The molecule has 0 atom stereocenters. The molecule has 4 aromatic rings. The highest BCUT2D eigenvalue weighted by Crippen LogP contribution is 2.25. The largest absolute Gasteiger partial charge is 0.380 e. The van der Waals surface area contributed by atoms with Gasteiger partial charge in [-0.1, -0.05) is 35.9 Å². The van der Waals surface area contributed by atoms with E-state index in [2.05, 4.69) is 68.5 Å². The van der Waals surface area contributed by atoms with Gasteiger partial charge in [-0.2, -0.15) is 0 Å². The van der Waals surface area contributed by atoms with E-state index in [4.69, 9.17) is 11.6 Å². The summed E-state index contributed by atoms with van der Waals surface area (Å²) in [6.07, 6.45) is 3.74. The van der Waals surface area contributed by atoms with Gasteiger partial charge in [0.1, 0.15) is 0 Å². The average molecular weight is 446 g/mol. The first-order valence-corrected chi connectivity index (χ1v) is 11.0. The maximum absolute atomic E-state index is 6.12. The van der Waals surface area contributed by atoms with Crippen LogP contribution in [0, 0.1) is 0 Å². The Morgan fingerprint density at radius 1 is 0.875 bits per heavy atom. The standard InChI is InChI=1S/C26H28ClN5/c1-31(2)23-10-9-22(29-16-23)18-32(3)17-20-7-5-4-6-19(20)15-30-25-12-13-28-26-14-21(27)8-11-24(25)26/h4-14,16H,15,17-18H2,1-3H3,(H,28,30). The van der Waals surface area contributed by atoms with E-state index in [0.29, 0.717) is 5.02 Å². The molecule has 0 unspecified atom stereocenters. The van der Waals surface area contributed by atoms with Crippen LogP contribution in [0.1, 0.15) is 16.8 Å². The number of nitrogens with zero attached hydrogens (tertiary/aromatic N) is 4. The van der Waals surface area contributed by atoms with Gasteiger partial charge in [0.05, 0.1) is 23.1 Å². The Balaban J connectivity index is 1.44. The molecule has 5 nitrogen and oxygen atoms in total. The number of aromatic nitrogens is 2. The topological polar surface area (TPSA) is 44.3 Å². The zero-order valence-electron chi connectivity index (χ0n) is 18.7. The van der Waals surface area contributed by atoms with E-state index in [1.165, 1.54) is 11.1 Å². The third-order valence-corrected chi connectivity index (χ3v) is 5.73. The Bertz CT molecular complexity index is 1190. The molecule has 2 aromatic heterocycles. The predicted octanol–water partition coefficient (Wildman–Crippen LogP) is 5.59. The van der Waals surface area contributed by atoms with Crippen LogP contribution in [0.3, 0.4) is 0 Å². The second kappa shape index (κ2) is 9.98. The number of hydrogen-bond acceptors (Lipinski definition) is 5. The van der Waals surface area contributed by atoms with E-state index >= 15 is 0 Å². The summed E-state index contributed by atoms with van der Waals surface area (Å²) in [5.74, 6) is 0. The SMILES string of the molecule is CN(Cc1ccc(N(C)C)cn1)Cc1ccccc1CNc1ccnc2cc(Cl)ccc12. The minimum absolute atomic E-state index is 0.696. The summed E-state index contributed by atoms with van der Waals surface area (Å²) in [6.45, 7) is 2.38. The smallest absolute Gasteiger partial charge is 0.0737 e. The number of fused-ring (bicyclic) bond motifs is 1. The fourth-order valence-electron chi connectivity index (χ4n) is 3.75. The van der Waals surface area contributed by atoms with Crippen LogP contribution in [0.5, 0.6) is 0 Å². The van der Waals surface area contributed by atoms with Gasteiger partial charge >= 0.3 is 0 Å². The van der Waals surface area contributed by atoms with Gasteiger partial charge < -0.3 is 10.2 Å². The van der Waals surface area contributed by atoms with Gasteiger partial charge in [-0.3, -0.25) is 14.9 Å². The van der Waals surface area contributed by atoms with E-state index < -0.39 is 0 Å². The van der Waals surface area contributed by atoms with Crippen molar-refractivity contribution in [1.82, 2.24) is 14.9 Å². The molecular formula is C26H28ClN5. The van der Waals surface area contributed by atoms with Gasteiger partial charge in [0.25, 0.3) is 0 Å². The first-order chi connectivity index (χ1) is 15.5. The molecule has 0 radical (unpaired) electrons. The Kier molecular flexibility index (Phi) is 6.88. The zero-order valence-corrected chi connectivity index (χ0v) is 19.5. The lowest BCUT2D eigenvalue weighted by Crippen LogP contribution is -2.19. The zero-order chi connectivity index (χ0) is 22.5. The van der Waals surface area contributed by atoms with Crippen LogP contribution in [0.2, 0.25) is 5.02 Å². The molecule has 0 amide bonds. The molecule has 2 aromatic carbocycles. The number of halogens is 1. The monoisotopic (exact) mass is 445 g/mol. The van der Waals surface area contributed by atoms with E-state index in [1.54, 1.807) is 0 Å². The van der Waals surface area contributed by atoms with Crippen molar-refractivity contribution in [3.8, 4) is 0 Å². The predicted molar refractivity (Wildman–Crippen MR) is 134 cm³/mol. The molecule has 0 saturated heterocycles. The maximum Gasteiger partial charge on any atom is 0.0737 e. The third kappa shape index (κ3) is 5.36. The number of nitrogens with one attached hydrogen (secondary N) is 1. The van der Waals surface area contributed by atoms with Crippen LogP contribution < -0.4 is 10.2 Å². The van der Waals surface area contributed by atoms with Crippen molar-refractivity contribution >= 4 is 33.9 Å². The van der Waals surface area contributed by atoms with E-state index in [9.17, 15) is 0 Å². The molecule has 1 N–H and O–H groups in total. The molecule has 164 valence electrons. The van der Waals surface area contributed by atoms with Crippen molar-refractivity contribution in [2.24, 2.45) is 0 Å². The van der Waals surface area contributed by atoms with Crippen molar-refractivity contribution in [1.29, 1.82) is 0 Å². The van der Waals surface area contributed by atoms with Crippen molar-refractivity contribution in [3.63, 3.8) is 0 Å². The Morgan fingerprint density at radius 3 is 2.44 bits per heavy atom. The van der Waals surface area contributed by atoms with Crippen molar-refractivity contribution in [2.75, 3.05) is 31.4 Å². The minimum Gasteiger partial charge on any atom is -0.380 e. The average Bonchev–Trinajstić information content (AvgIpc) is 2.78. The molecule has 0 aliphatic heterocycles. The van der Waals surface area contributed by atoms with Gasteiger partial charge in [0, 0.05) is 56.0 Å². The Labute approximate surface area is 194 Å². The van der Waals surface area contributed by atoms with Crippen LogP contribution in [-0.4, -0.2) is 36.0 Å². The van der Waals surface area contributed by atoms with Crippen LogP contribution in [0.4, 0.5) is 11.4 Å². The summed E-state index contributed by atoms with van der Waals surface area (Å²) < 4.78 is 0. The molecule has 0 spiro atoms. The maximum atomic E-state index is 6.12. The fourth-order valence-corrected chi connectivity index (χ4v) is 3.91. The van der Waals surface area contributed by atoms with E-state index in [0.717, 1.165) is 47.6 Å². The highest BCUT2D eigenvalue weighted by molar-refractivity contribution is 6.31. The minimum atomic E-state index is 0.696. The number of hydrogen-bond donors (Lipinski definition) is 1. The first-order valence-electron chi connectivity index (χ1n) is 10.7. The van der Waals surface area contributed by atoms with Crippen molar-refractivity contribution in [3.05, 3.63) is 94.9 Å². The van der Waals surface area contributed by atoms with Crippen LogP contribution in [0.25, 0.3) is 10.9 Å². The number of anilines is 2. The highest BCUT2D eigenvalue weighted by atomic mass is 35.5. The molecule has 2 heterocycles. The molecule has 0 saturated carbocycles. The summed E-state index contributed by atoms with van der Waals surface area (Å²) in [7, 11) is 6.18. The molecule has 0 aliphatic rings. The van der Waals surface area contributed by atoms with Gasteiger partial charge in [0.15, 0.2) is 0 Å². The first kappa shape index (κ1) is 22.1. The molecule has 32 heavy (non-hydrogen) atoms. The third-order valence-electron chi connectivity index (χ3n) is 5.49. The molecule has 4 rings (SSSR count). The van der Waals surface area contributed by atoms with Gasteiger partial charge in [-0.05, 0) is 54.6 Å². The second-order valence-corrected chi connectivity index (χ2v) is 8.65. The second-order valence-electron chi connectivity index (χ2n) is 8.22. The molecular weight excluding hydrogens is 418 g/mol. The summed E-state index contributed by atoms with van der Waals surface area (Å²) >= 11 is 6.12. The van der Waals surface area contributed by atoms with E-state index in [1.807, 2.05) is 50.8 Å². The van der Waals surface area contributed by atoms with E-state index in [-0.39, 0.29) is 0 Å². The van der Waals surface area contributed by atoms with Gasteiger partial charge in [0.2, 0.25) is 0 Å². The van der Waals surface area contributed by atoms with Gasteiger partial charge in [-0.25, -0.2) is 0 Å². The lowest BCUT2D eigenvalue weighted by Gasteiger charge is -2.20. The summed E-state index contributed by atoms with van der Waals surface area (Å²) in [4.78, 5) is 13.4. The summed E-state index contributed by atoms with van der Waals surface area (Å²) in [5, 5.41) is 5.35. The number of rotatable bonds is 8. The molecule has 6 heteroatoms. The number of pyridine rings is 2. The van der Waals surface area contributed by atoms with Crippen molar-refractivity contribution in [2.45, 2.75) is 19.6 Å². The molecule has 0 aliphatic carbocycles. The molecule has 0 fully saturated rings. The van der Waals surface area contributed by atoms with Crippen LogP contribution in [-0.2, 0) is 19.6 Å². The Hall–Kier alpha value is -3.15. The van der Waals surface area contributed by atoms with Crippen LogP contribution in [0.15, 0.2) is 73.1 Å². The molecule has 0 bridgehead atoms. The normalized spacial score (nSPS) is 11.2. The van der Waals surface area contributed by atoms with Crippen molar-refractivity contribution < 1.29 is 0 Å². The Morgan fingerprint density at radius 2 is 1.69 bits per heavy atom. The fraction of sp³-hybridized carbons (Fsp3) is 0.231.